The Kier molecular flexibility index (Phi) is 3.89. The Hall–Kier alpha value is -2.56. The van der Waals surface area contributed by atoms with E-state index in [4.69, 9.17) is 10.5 Å². The summed E-state index contributed by atoms with van der Waals surface area (Å²) in [7, 11) is 1.49. The van der Waals surface area contributed by atoms with Gasteiger partial charge in [-0.2, -0.15) is 0 Å². The number of carbonyl (C=O) groups excluding carboxylic acids is 1. The number of nitrogens with two attached hydrogens (primary N) is 1. The first-order valence-corrected chi connectivity index (χ1v) is 6.01. The first kappa shape index (κ1) is 13.9. The molecule has 0 saturated heterocycles. The number of halogens is 1. The highest BCUT2D eigenvalue weighted by molar-refractivity contribution is 6.05. The summed E-state index contributed by atoms with van der Waals surface area (Å²) in [5.74, 6) is -0.281. The monoisotopic (exact) mass is 274 g/mol. The third kappa shape index (κ3) is 3.26. The minimum absolute atomic E-state index is 0.351. The quantitative estimate of drug-likeness (QED) is 0.846. The molecular weight excluding hydrogens is 259 g/mol. The Morgan fingerprint density at radius 1 is 1.20 bits per heavy atom. The van der Waals surface area contributed by atoms with E-state index in [0.717, 1.165) is 5.56 Å². The highest BCUT2D eigenvalue weighted by Crippen LogP contribution is 2.20. The van der Waals surface area contributed by atoms with Gasteiger partial charge in [0.15, 0.2) is 0 Å². The van der Waals surface area contributed by atoms with Crippen molar-refractivity contribution in [3.05, 3.63) is 53.3 Å². The maximum atomic E-state index is 13.3. The predicted octanol–water partition coefficient (Wildman–Crippen LogP) is 2.98. The zero-order valence-electron chi connectivity index (χ0n) is 11.2. The van der Waals surface area contributed by atoms with Crippen molar-refractivity contribution in [2.24, 2.45) is 0 Å². The van der Waals surface area contributed by atoms with E-state index in [9.17, 15) is 9.18 Å². The van der Waals surface area contributed by atoms with Crippen LogP contribution in [0.2, 0.25) is 0 Å². The lowest BCUT2D eigenvalue weighted by Gasteiger charge is -2.09. The Bertz CT molecular complexity index is 636. The third-order valence-electron chi connectivity index (χ3n) is 2.73. The van der Waals surface area contributed by atoms with E-state index >= 15 is 0 Å². The van der Waals surface area contributed by atoms with Crippen LogP contribution < -0.4 is 15.8 Å². The fourth-order valence-electron chi connectivity index (χ4n) is 1.88. The zero-order valence-corrected chi connectivity index (χ0v) is 11.2. The molecule has 0 radical (unpaired) electrons. The van der Waals surface area contributed by atoms with Crippen LogP contribution in [0.3, 0.4) is 0 Å². The van der Waals surface area contributed by atoms with Crippen molar-refractivity contribution in [2.75, 3.05) is 18.2 Å². The molecule has 0 aromatic heterocycles. The van der Waals surface area contributed by atoms with Crippen LogP contribution in [-0.4, -0.2) is 13.0 Å². The molecule has 104 valence electrons. The Labute approximate surface area is 116 Å². The molecule has 3 N–H and O–H groups in total. The number of ether oxygens (including phenoxy) is 1. The van der Waals surface area contributed by atoms with Gasteiger partial charge in [-0.3, -0.25) is 4.79 Å². The number of rotatable bonds is 3. The number of amides is 1. The standard InChI is InChI=1S/C15H15FN2O2/c1-9-3-11(16)7-13(4-9)18-15(19)10-5-12(17)8-14(6-10)20-2/h3-8H,17H2,1-2H3,(H,18,19). The average molecular weight is 274 g/mol. The molecule has 0 fully saturated rings. The summed E-state index contributed by atoms with van der Waals surface area (Å²) in [6.07, 6.45) is 0. The number of hydrogen-bond acceptors (Lipinski definition) is 3. The van der Waals surface area contributed by atoms with E-state index in [1.807, 2.05) is 0 Å². The van der Waals surface area contributed by atoms with Crippen LogP contribution in [-0.2, 0) is 0 Å². The molecule has 2 aromatic rings. The molecule has 0 aliphatic heterocycles. The van der Waals surface area contributed by atoms with E-state index in [1.165, 1.54) is 25.3 Å². The SMILES string of the molecule is COc1cc(N)cc(C(=O)Nc2cc(C)cc(F)c2)c1. The van der Waals surface area contributed by atoms with Gasteiger partial charge in [-0.1, -0.05) is 0 Å². The largest absolute Gasteiger partial charge is 0.497 e. The van der Waals surface area contributed by atoms with Crippen molar-refractivity contribution in [3.8, 4) is 5.75 Å². The van der Waals surface area contributed by atoms with Gasteiger partial charge in [0.25, 0.3) is 5.91 Å². The first-order chi connectivity index (χ1) is 9.47. The van der Waals surface area contributed by atoms with Gasteiger partial charge in [-0.25, -0.2) is 4.39 Å². The second kappa shape index (κ2) is 5.61. The first-order valence-electron chi connectivity index (χ1n) is 6.01. The molecule has 0 atom stereocenters. The predicted molar refractivity (Wildman–Crippen MR) is 76.5 cm³/mol. The highest BCUT2D eigenvalue weighted by atomic mass is 19.1. The summed E-state index contributed by atoms with van der Waals surface area (Å²) in [5.41, 5.74) is 7.59. The second-order valence-corrected chi connectivity index (χ2v) is 4.47. The summed E-state index contributed by atoms with van der Waals surface area (Å²) in [6.45, 7) is 1.75. The minimum Gasteiger partial charge on any atom is -0.497 e. The maximum absolute atomic E-state index is 13.3. The number of anilines is 2. The molecule has 0 bridgehead atoms. The molecule has 0 spiro atoms. The van der Waals surface area contributed by atoms with Crippen molar-refractivity contribution in [2.45, 2.75) is 6.92 Å². The van der Waals surface area contributed by atoms with Crippen LogP contribution in [0.1, 0.15) is 15.9 Å². The minimum atomic E-state index is -0.398. The highest BCUT2D eigenvalue weighted by Gasteiger charge is 2.09. The van der Waals surface area contributed by atoms with Gasteiger partial charge in [0, 0.05) is 23.0 Å². The lowest BCUT2D eigenvalue weighted by atomic mass is 10.1. The molecule has 2 rings (SSSR count). The molecule has 0 heterocycles. The van der Waals surface area contributed by atoms with Crippen molar-refractivity contribution in [3.63, 3.8) is 0 Å². The smallest absolute Gasteiger partial charge is 0.255 e. The normalized spacial score (nSPS) is 10.2. The topological polar surface area (TPSA) is 64.3 Å². The number of carbonyl (C=O) groups is 1. The van der Waals surface area contributed by atoms with Gasteiger partial charge < -0.3 is 15.8 Å². The van der Waals surface area contributed by atoms with E-state index in [2.05, 4.69) is 5.32 Å². The number of methoxy groups -OCH3 is 1. The average Bonchev–Trinajstić information content (AvgIpc) is 2.36. The van der Waals surface area contributed by atoms with Crippen LogP contribution in [0.15, 0.2) is 36.4 Å². The number of aryl methyl sites for hydroxylation is 1. The van der Waals surface area contributed by atoms with E-state index in [-0.39, 0.29) is 5.91 Å². The fraction of sp³-hybridized carbons (Fsp3) is 0.133. The van der Waals surface area contributed by atoms with Gasteiger partial charge in [0.05, 0.1) is 7.11 Å². The molecule has 5 heteroatoms. The van der Waals surface area contributed by atoms with Gasteiger partial charge in [-0.15, -0.1) is 0 Å². The number of nitrogens with one attached hydrogen (secondary N) is 1. The van der Waals surface area contributed by atoms with Crippen LogP contribution in [0, 0.1) is 12.7 Å². The second-order valence-electron chi connectivity index (χ2n) is 4.47. The Morgan fingerprint density at radius 2 is 1.95 bits per heavy atom. The lowest BCUT2D eigenvalue weighted by molar-refractivity contribution is 0.102. The number of nitrogen functional groups attached to an aromatic ring is 1. The summed E-state index contributed by atoms with van der Waals surface area (Å²) >= 11 is 0. The van der Waals surface area contributed by atoms with Crippen LogP contribution in [0.25, 0.3) is 0 Å². The Morgan fingerprint density at radius 3 is 2.60 bits per heavy atom. The van der Waals surface area contributed by atoms with Crippen molar-refractivity contribution in [1.82, 2.24) is 0 Å². The van der Waals surface area contributed by atoms with Gasteiger partial charge in [0.2, 0.25) is 0 Å². The maximum Gasteiger partial charge on any atom is 0.255 e. The molecule has 0 saturated carbocycles. The number of benzene rings is 2. The summed E-state index contributed by atoms with van der Waals surface area (Å²) in [4.78, 5) is 12.1. The molecular formula is C15H15FN2O2. The summed E-state index contributed by atoms with van der Waals surface area (Å²) in [5, 5.41) is 2.63. The summed E-state index contributed by atoms with van der Waals surface area (Å²) < 4.78 is 18.3. The van der Waals surface area contributed by atoms with Crippen molar-refractivity contribution >= 4 is 17.3 Å². The number of hydrogen-bond donors (Lipinski definition) is 2. The van der Waals surface area contributed by atoms with E-state index < -0.39 is 5.82 Å². The zero-order chi connectivity index (χ0) is 14.7. The molecule has 20 heavy (non-hydrogen) atoms. The molecule has 0 aliphatic carbocycles. The third-order valence-corrected chi connectivity index (χ3v) is 2.73. The van der Waals surface area contributed by atoms with Gasteiger partial charge in [-0.05, 0) is 42.8 Å². The van der Waals surface area contributed by atoms with E-state index in [1.54, 1.807) is 25.1 Å². The fourth-order valence-corrected chi connectivity index (χ4v) is 1.88. The van der Waals surface area contributed by atoms with Gasteiger partial charge in [0.1, 0.15) is 11.6 Å². The van der Waals surface area contributed by atoms with Crippen LogP contribution in [0.5, 0.6) is 5.75 Å². The molecule has 4 nitrogen and oxygen atoms in total. The molecule has 2 aromatic carbocycles. The van der Waals surface area contributed by atoms with Crippen molar-refractivity contribution in [1.29, 1.82) is 0 Å². The molecule has 0 unspecified atom stereocenters. The van der Waals surface area contributed by atoms with E-state index in [0.29, 0.717) is 22.7 Å². The van der Waals surface area contributed by atoms with Crippen LogP contribution >= 0.6 is 0 Å². The van der Waals surface area contributed by atoms with Crippen LogP contribution in [0.4, 0.5) is 15.8 Å². The van der Waals surface area contributed by atoms with Gasteiger partial charge >= 0.3 is 0 Å². The summed E-state index contributed by atoms with van der Waals surface area (Å²) in [6, 6.07) is 9.04. The van der Waals surface area contributed by atoms with Crippen molar-refractivity contribution < 1.29 is 13.9 Å². The molecule has 1 amide bonds. The molecule has 0 aliphatic rings. The Balaban J connectivity index is 2.25. The lowest BCUT2D eigenvalue weighted by Crippen LogP contribution is -2.12.